The van der Waals surface area contributed by atoms with E-state index in [0.717, 1.165) is 39.4 Å². The van der Waals surface area contributed by atoms with Crippen LogP contribution in [0.25, 0.3) is 0 Å². The normalized spacial score (nSPS) is 31.6. The fourth-order valence-corrected chi connectivity index (χ4v) is 2.92. The minimum absolute atomic E-state index is 0.0310. The summed E-state index contributed by atoms with van der Waals surface area (Å²) in [5.74, 6) is 0. The highest BCUT2D eigenvalue weighted by Gasteiger charge is 2.33. The largest absolute Gasteiger partial charge is 0.395 e. The molecule has 2 aliphatic heterocycles. The Morgan fingerprint density at radius 3 is 2.65 bits per heavy atom. The van der Waals surface area contributed by atoms with Gasteiger partial charge in [0, 0.05) is 44.3 Å². The van der Waals surface area contributed by atoms with Crippen LogP contribution in [0.3, 0.4) is 0 Å². The van der Waals surface area contributed by atoms with E-state index < -0.39 is 0 Å². The van der Waals surface area contributed by atoms with Crippen LogP contribution in [0.15, 0.2) is 0 Å². The molecule has 0 aromatic heterocycles. The van der Waals surface area contributed by atoms with E-state index in [9.17, 15) is 5.11 Å². The van der Waals surface area contributed by atoms with Crippen LogP contribution in [0.2, 0.25) is 0 Å². The lowest BCUT2D eigenvalue weighted by atomic mass is 10.1. The minimum Gasteiger partial charge on any atom is -0.395 e. The van der Waals surface area contributed by atoms with Crippen molar-refractivity contribution in [2.45, 2.75) is 31.5 Å². The van der Waals surface area contributed by atoms with Crippen molar-refractivity contribution < 1.29 is 9.84 Å². The SMILES string of the molecule is CC(N)C(CO)N1CCC(N2CCOCC2)C1. The molecule has 3 unspecified atom stereocenters. The molecule has 3 atom stereocenters. The third-order valence-electron chi connectivity index (χ3n) is 4.02. The minimum atomic E-state index is 0.0310. The van der Waals surface area contributed by atoms with Gasteiger partial charge in [0.15, 0.2) is 0 Å². The number of morpholine rings is 1. The van der Waals surface area contributed by atoms with Gasteiger partial charge >= 0.3 is 0 Å². The fourth-order valence-electron chi connectivity index (χ4n) is 2.92. The predicted octanol–water partition coefficient (Wildman–Crippen LogP) is -0.899. The lowest BCUT2D eigenvalue weighted by molar-refractivity contribution is 0.0163. The van der Waals surface area contributed by atoms with Gasteiger partial charge in [-0.2, -0.15) is 0 Å². The van der Waals surface area contributed by atoms with Gasteiger partial charge in [0.1, 0.15) is 0 Å². The molecule has 2 aliphatic rings. The first kappa shape index (κ1) is 13.2. The maximum atomic E-state index is 9.40. The average molecular weight is 243 g/mol. The van der Waals surface area contributed by atoms with Crippen LogP contribution in [0, 0.1) is 0 Å². The molecule has 0 spiro atoms. The van der Waals surface area contributed by atoms with E-state index in [1.54, 1.807) is 0 Å². The van der Waals surface area contributed by atoms with E-state index in [2.05, 4.69) is 9.80 Å². The van der Waals surface area contributed by atoms with E-state index >= 15 is 0 Å². The lowest BCUT2D eigenvalue weighted by Gasteiger charge is -2.34. The molecule has 5 heteroatoms. The third kappa shape index (κ3) is 3.17. The van der Waals surface area contributed by atoms with Gasteiger partial charge in [0.2, 0.25) is 0 Å². The molecule has 2 saturated heterocycles. The zero-order valence-corrected chi connectivity index (χ0v) is 10.7. The van der Waals surface area contributed by atoms with Gasteiger partial charge in [0.05, 0.1) is 19.8 Å². The monoisotopic (exact) mass is 243 g/mol. The number of nitrogens with two attached hydrogens (primary N) is 1. The Labute approximate surface area is 104 Å². The Balaban J connectivity index is 1.85. The number of rotatable bonds is 4. The van der Waals surface area contributed by atoms with E-state index in [-0.39, 0.29) is 18.7 Å². The molecule has 100 valence electrons. The number of hydrogen-bond donors (Lipinski definition) is 2. The average Bonchev–Trinajstić information content (AvgIpc) is 2.80. The molecule has 0 saturated carbocycles. The number of nitrogens with zero attached hydrogens (tertiary/aromatic N) is 2. The van der Waals surface area contributed by atoms with E-state index in [0.29, 0.717) is 6.04 Å². The van der Waals surface area contributed by atoms with Crippen LogP contribution < -0.4 is 5.73 Å². The maximum Gasteiger partial charge on any atom is 0.0601 e. The number of ether oxygens (including phenoxy) is 1. The summed E-state index contributed by atoms with van der Waals surface area (Å²) in [4.78, 5) is 4.85. The van der Waals surface area contributed by atoms with Crippen LogP contribution in [-0.2, 0) is 4.74 Å². The van der Waals surface area contributed by atoms with Gasteiger partial charge in [0.25, 0.3) is 0 Å². The Morgan fingerprint density at radius 2 is 2.06 bits per heavy atom. The maximum absolute atomic E-state index is 9.40. The summed E-state index contributed by atoms with van der Waals surface area (Å²) in [5.41, 5.74) is 5.92. The van der Waals surface area contributed by atoms with Crippen molar-refractivity contribution in [3.8, 4) is 0 Å². The first-order valence-corrected chi connectivity index (χ1v) is 6.64. The first-order valence-electron chi connectivity index (χ1n) is 6.64. The van der Waals surface area contributed by atoms with Crippen molar-refractivity contribution in [2.75, 3.05) is 46.0 Å². The van der Waals surface area contributed by atoms with Crippen LogP contribution in [-0.4, -0.2) is 79.0 Å². The van der Waals surface area contributed by atoms with Crippen molar-refractivity contribution in [1.82, 2.24) is 9.80 Å². The smallest absolute Gasteiger partial charge is 0.0601 e. The summed E-state index contributed by atoms with van der Waals surface area (Å²) in [7, 11) is 0. The zero-order valence-electron chi connectivity index (χ0n) is 10.7. The Hall–Kier alpha value is -0.200. The number of hydrogen-bond acceptors (Lipinski definition) is 5. The van der Waals surface area contributed by atoms with Crippen LogP contribution in [0.1, 0.15) is 13.3 Å². The van der Waals surface area contributed by atoms with Crippen molar-refractivity contribution in [2.24, 2.45) is 5.73 Å². The Bertz CT molecular complexity index is 232. The fraction of sp³-hybridized carbons (Fsp3) is 1.00. The third-order valence-corrected chi connectivity index (χ3v) is 4.02. The van der Waals surface area contributed by atoms with Gasteiger partial charge in [-0.1, -0.05) is 0 Å². The molecule has 2 fully saturated rings. The van der Waals surface area contributed by atoms with Crippen LogP contribution >= 0.6 is 0 Å². The molecular formula is C12H25N3O2. The molecule has 2 heterocycles. The number of aliphatic hydroxyl groups excluding tert-OH is 1. The number of aliphatic hydroxyl groups is 1. The van der Waals surface area contributed by atoms with E-state index in [4.69, 9.17) is 10.5 Å². The zero-order chi connectivity index (χ0) is 12.3. The quantitative estimate of drug-likeness (QED) is 0.670. The molecule has 3 N–H and O–H groups in total. The summed E-state index contributed by atoms with van der Waals surface area (Å²) < 4.78 is 5.38. The summed E-state index contributed by atoms with van der Waals surface area (Å²) in [6, 6.07) is 0.760. The Morgan fingerprint density at radius 1 is 1.35 bits per heavy atom. The van der Waals surface area contributed by atoms with E-state index in [1.165, 1.54) is 6.42 Å². The van der Waals surface area contributed by atoms with E-state index in [1.807, 2.05) is 6.92 Å². The van der Waals surface area contributed by atoms with Crippen molar-refractivity contribution in [3.05, 3.63) is 0 Å². The molecule has 5 nitrogen and oxygen atoms in total. The second-order valence-corrected chi connectivity index (χ2v) is 5.19. The second-order valence-electron chi connectivity index (χ2n) is 5.19. The van der Waals surface area contributed by atoms with Gasteiger partial charge in [-0.25, -0.2) is 0 Å². The highest BCUT2D eigenvalue weighted by Crippen LogP contribution is 2.19. The van der Waals surface area contributed by atoms with Gasteiger partial charge in [-0.3, -0.25) is 9.80 Å². The lowest BCUT2D eigenvalue weighted by Crippen LogP contribution is -2.50. The molecule has 0 radical (unpaired) electrons. The van der Waals surface area contributed by atoms with Crippen LogP contribution in [0.4, 0.5) is 0 Å². The molecule has 0 amide bonds. The van der Waals surface area contributed by atoms with Crippen molar-refractivity contribution in [1.29, 1.82) is 0 Å². The molecular weight excluding hydrogens is 218 g/mol. The van der Waals surface area contributed by atoms with Crippen LogP contribution in [0.5, 0.6) is 0 Å². The summed E-state index contributed by atoms with van der Waals surface area (Å²) in [6.07, 6.45) is 1.18. The highest BCUT2D eigenvalue weighted by atomic mass is 16.5. The van der Waals surface area contributed by atoms with Gasteiger partial charge < -0.3 is 15.6 Å². The summed E-state index contributed by atoms with van der Waals surface area (Å²) in [5, 5.41) is 9.40. The molecule has 0 aromatic carbocycles. The highest BCUT2D eigenvalue weighted by molar-refractivity contribution is 4.90. The summed E-state index contributed by atoms with van der Waals surface area (Å²) >= 11 is 0. The second kappa shape index (κ2) is 6.11. The molecule has 0 aromatic rings. The summed E-state index contributed by atoms with van der Waals surface area (Å²) in [6.45, 7) is 8.01. The predicted molar refractivity (Wildman–Crippen MR) is 66.9 cm³/mol. The Kier molecular flexibility index (Phi) is 4.76. The van der Waals surface area contributed by atoms with Crippen molar-refractivity contribution in [3.63, 3.8) is 0 Å². The number of likely N-dealkylation sites (tertiary alicyclic amines) is 1. The molecule has 0 bridgehead atoms. The van der Waals surface area contributed by atoms with Gasteiger partial charge in [-0.15, -0.1) is 0 Å². The molecule has 0 aliphatic carbocycles. The standard InChI is InChI=1S/C12H25N3O2/c1-10(13)12(9-16)15-3-2-11(8-15)14-4-6-17-7-5-14/h10-12,16H,2-9,13H2,1H3. The first-order chi connectivity index (χ1) is 8.22. The topological polar surface area (TPSA) is 62.0 Å². The molecule has 17 heavy (non-hydrogen) atoms. The van der Waals surface area contributed by atoms with Gasteiger partial charge in [-0.05, 0) is 13.3 Å². The molecule has 2 rings (SSSR count). The van der Waals surface area contributed by atoms with Crippen molar-refractivity contribution >= 4 is 0 Å².